The van der Waals surface area contributed by atoms with Gasteiger partial charge in [0.2, 0.25) is 5.95 Å². The Labute approximate surface area is 109 Å². The first-order valence-electron chi connectivity index (χ1n) is 6.19. The number of nitrogens with zero attached hydrogens (tertiary/aromatic N) is 4. The quantitative estimate of drug-likeness (QED) is 0.664. The number of aromatic nitrogens is 5. The van der Waals surface area contributed by atoms with Gasteiger partial charge in [-0.15, -0.1) is 5.10 Å². The van der Waals surface area contributed by atoms with Crippen LogP contribution in [0, 0.1) is 0 Å². The van der Waals surface area contributed by atoms with Gasteiger partial charge in [0.15, 0.2) is 5.82 Å². The molecule has 0 aliphatic carbocycles. The highest BCUT2D eigenvalue weighted by molar-refractivity contribution is 5.50. The number of H-pyrrole nitrogens is 2. The van der Waals surface area contributed by atoms with E-state index in [0.717, 1.165) is 19.6 Å². The Bertz CT molecular complexity index is 599. The van der Waals surface area contributed by atoms with Crippen molar-refractivity contribution in [1.29, 1.82) is 0 Å². The number of hydrogen-bond acceptors (Lipinski definition) is 6. The molecule has 19 heavy (non-hydrogen) atoms. The maximum Gasteiger partial charge on any atom is 0.264 e. The molecule has 0 aromatic carbocycles. The number of aromatic amines is 2. The predicted molar refractivity (Wildman–Crippen MR) is 69.9 cm³/mol. The van der Waals surface area contributed by atoms with Crippen molar-refractivity contribution in [3.05, 3.63) is 22.5 Å². The smallest absolute Gasteiger partial charge is 0.264 e. The van der Waals surface area contributed by atoms with Gasteiger partial charge in [-0.3, -0.25) is 9.89 Å². The van der Waals surface area contributed by atoms with Crippen LogP contribution >= 0.6 is 0 Å². The van der Waals surface area contributed by atoms with Gasteiger partial charge in [0.05, 0.1) is 0 Å². The van der Waals surface area contributed by atoms with Crippen LogP contribution in [0.4, 0.5) is 5.95 Å². The minimum Gasteiger partial charge on any atom is -0.337 e. The first kappa shape index (κ1) is 11.8. The summed E-state index contributed by atoms with van der Waals surface area (Å²) < 4.78 is 0. The third-order valence-corrected chi connectivity index (χ3v) is 3.05. The van der Waals surface area contributed by atoms with E-state index in [1.54, 1.807) is 6.07 Å². The second kappa shape index (κ2) is 4.81. The van der Waals surface area contributed by atoms with Crippen LogP contribution in [0.5, 0.6) is 0 Å². The van der Waals surface area contributed by atoms with Crippen molar-refractivity contribution in [1.82, 2.24) is 30.7 Å². The molecule has 1 saturated heterocycles. The lowest BCUT2D eigenvalue weighted by Crippen LogP contribution is -2.49. The fourth-order valence-corrected chi connectivity index (χ4v) is 2.10. The van der Waals surface area contributed by atoms with Crippen LogP contribution in [0.25, 0.3) is 11.5 Å². The molecule has 100 valence electrons. The maximum atomic E-state index is 11.0. The molecule has 8 nitrogen and oxygen atoms in total. The van der Waals surface area contributed by atoms with Crippen LogP contribution in [0.2, 0.25) is 0 Å². The zero-order valence-electron chi connectivity index (χ0n) is 10.6. The van der Waals surface area contributed by atoms with Crippen molar-refractivity contribution in [2.45, 2.75) is 13.0 Å². The SMILES string of the molecule is C[C@@H]1CN(c2n[nH]c(-c3ccc(=O)[nH]n3)n2)CCN1. The average molecular weight is 261 g/mol. The van der Waals surface area contributed by atoms with E-state index < -0.39 is 0 Å². The van der Waals surface area contributed by atoms with Gasteiger partial charge < -0.3 is 10.2 Å². The normalized spacial score (nSPS) is 19.6. The molecule has 8 heteroatoms. The van der Waals surface area contributed by atoms with E-state index in [-0.39, 0.29) is 5.56 Å². The number of piperazine rings is 1. The molecule has 2 aromatic rings. The number of nitrogens with one attached hydrogen (secondary N) is 3. The van der Waals surface area contributed by atoms with E-state index in [9.17, 15) is 4.79 Å². The molecule has 3 rings (SSSR count). The molecule has 0 unspecified atom stereocenters. The molecule has 0 amide bonds. The molecular weight excluding hydrogens is 246 g/mol. The molecule has 0 bridgehead atoms. The van der Waals surface area contributed by atoms with Crippen molar-refractivity contribution in [2.75, 3.05) is 24.5 Å². The summed E-state index contributed by atoms with van der Waals surface area (Å²) in [5.41, 5.74) is 0.334. The number of rotatable bonds is 2. The first-order valence-corrected chi connectivity index (χ1v) is 6.19. The topological polar surface area (TPSA) is 103 Å². The average Bonchev–Trinajstić information content (AvgIpc) is 2.89. The predicted octanol–water partition coefficient (Wildman–Crippen LogP) is -0.647. The van der Waals surface area contributed by atoms with Crippen LogP contribution in [0.1, 0.15) is 6.92 Å². The first-order chi connectivity index (χ1) is 9.22. The lowest BCUT2D eigenvalue weighted by molar-refractivity contribution is 0.480. The Morgan fingerprint density at radius 2 is 2.21 bits per heavy atom. The van der Waals surface area contributed by atoms with E-state index in [1.807, 2.05) is 0 Å². The lowest BCUT2D eigenvalue weighted by atomic mass is 10.2. The van der Waals surface area contributed by atoms with Gasteiger partial charge in [-0.1, -0.05) is 0 Å². The summed E-state index contributed by atoms with van der Waals surface area (Å²) in [5, 5.41) is 16.7. The van der Waals surface area contributed by atoms with Crippen molar-refractivity contribution in [2.24, 2.45) is 0 Å². The summed E-state index contributed by atoms with van der Waals surface area (Å²) in [7, 11) is 0. The second-order valence-electron chi connectivity index (χ2n) is 4.59. The fraction of sp³-hybridized carbons (Fsp3) is 0.455. The minimum absolute atomic E-state index is 0.237. The summed E-state index contributed by atoms with van der Waals surface area (Å²) in [5.74, 6) is 1.22. The standard InChI is InChI=1S/C11H15N7O/c1-7-6-18(5-4-12-7)11-13-10(16-17-11)8-2-3-9(19)15-14-8/h2-3,7,12H,4-6H2,1H3,(H,15,19)(H,13,16,17)/t7-/m1/s1. The Morgan fingerprint density at radius 3 is 2.95 bits per heavy atom. The Balaban J connectivity index is 1.82. The Kier molecular flexibility index (Phi) is 3.00. The van der Waals surface area contributed by atoms with Crippen LogP contribution < -0.4 is 15.8 Å². The van der Waals surface area contributed by atoms with Crippen molar-refractivity contribution >= 4 is 5.95 Å². The van der Waals surface area contributed by atoms with Gasteiger partial charge in [0, 0.05) is 31.7 Å². The molecule has 1 fully saturated rings. The van der Waals surface area contributed by atoms with E-state index in [0.29, 0.717) is 23.5 Å². The summed E-state index contributed by atoms with van der Waals surface area (Å²) in [6.07, 6.45) is 0. The fourth-order valence-electron chi connectivity index (χ4n) is 2.10. The van der Waals surface area contributed by atoms with Gasteiger partial charge in [0.25, 0.3) is 5.56 Å². The van der Waals surface area contributed by atoms with Gasteiger partial charge in [0.1, 0.15) is 5.69 Å². The number of anilines is 1. The van der Waals surface area contributed by atoms with Gasteiger partial charge in [-0.25, -0.2) is 5.10 Å². The third-order valence-electron chi connectivity index (χ3n) is 3.05. The third kappa shape index (κ3) is 2.48. The van der Waals surface area contributed by atoms with Crippen molar-refractivity contribution < 1.29 is 0 Å². The zero-order valence-corrected chi connectivity index (χ0v) is 10.6. The monoisotopic (exact) mass is 261 g/mol. The van der Waals surface area contributed by atoms with E-state index in [2.05, 4.69) is 42.5 Å². The Hall–Kier alpha value is -2.22. The molecule has 0 radical (unpaired) electrons. The summed E-state index contributed by atoms with van der Waals surface area (Å²) in [6, 6.07) is 3.45. The molecule has 0 spiro atoms. The highest BCUT2D eigenvalue weighted by Crippen LogP contribution is 2.15. The Morgan fingerprint density at radius 1 is 1.32 bits per heavy atom. The molecule has 3 heterocycles. The van der Waals surface area contributed by atoms with E-state index in [1.165, 1.54) is 6.07 Å². The van der Waals surface area contributed by atoms with E-state index >= 15 is 0 Å². The van der Waals surface area contributed by atoms with Gasteiger partial charge in [-0.05, 0) is 13.0 Å². The molecule has 3 N–H and O–H groups in total. The number of hydrogen-bond donors (Lipinski definition) is 3. The van der Waals surface area contributed by atoms with E-state index in [4.69, 9.17) is 0 Å². The minimum atomic E-state index is -0.237. The summed E-state index contributed by atoms with van der Waals surface area (Å²) in [6.45, 7) is 4.79. The maximum absolute atomic E-state index is 11.0. The van der Waals surface area contributed by atoms with Crippen LogP contribution in [-0.2, 0) is 0 Å². The molecule has 0 saturated carbocycles. The van der Waals surface area contributed by atoms with Gasteiger partial charge >= 0.3 is 0 Å². The van der Waals surface area contributed by atoms with Gasteiger partial charge in [-0.2, -0.15) is 10.1 Å². The molecule has 2 aromatic heterocycles. The molecule has 1 aliphatic rings. The summed E-state index contributed by atoms with van der Waals surface area (Å²) >= 11 is 0. The molecule has 1 aliphatic heterocycles. The van der Waals surface area contributed by atoms with Crippen LogP contribution in [-0.4, -0.2) is 51.1 Å². The summed E-state index contributed by atoms with van der Waals surface area (Å²) in [4.78, 5) is 17.5. The van der Waals surface area contributed by atoms with Crippen molar-refractivity contribution in [3.63, 3.8) is 0 Å². The van der Waals surface area contributed by atoms with Crippen molar-refractivity contribution in [3.8, 4) is 11.5 Å². The highest BCUT2D eigenvalue weighted by atomic mass is 16.1. The zero-order chi connectivity index (χ0) is 13.2. The lowest BCUT2D eigenvalue weighted by Gasteiger charge is -2.30. The van der Waals surface area contributed by atoms with Crippen LogP contribution in [0.15, 0.2) is 16.9 Å². The van der Waals surface area contributed by atoms with Crippen LogP contribution in [0.3, 0.4) is 0 Å². The second-order valence-corrected chi connectivity index (χ2v) is 4.59. The molecule has 1 atom stereocenters. The largest absolute Gasteiger partial charge is 0.337 e. The molecular formula is C11H15N7O. The highest BCUT2D eigenvalue weighted by Gasteiger charge is 2.19.